The molecule has 4 rings (SSSR count). The van der Waals surface area contributed by atoms with Gasteiger partial charge < -0.3 is 5.32 Å². The Morgan fingerprint density at radius 2 is 0.692 bits per heavy atom. The molecule has 0 saturated carbocycles. The molecule has 0 radical (unpaired) electrons. The third-order valence-corrected chi connectivity index (χ3v) is 4.92. The zero-order chi connectivity index (χ0) is 17.9. The summed E-state index contributed by atoms with van der Waals surface area (Å²) in [4.78, 5) is 0. The number of benzene rings is 4. The van der Waals surface area contributed by atoms with E-state index in [2.05, 4.69) is 66.0 Å². The monoisotopic (exact) mass is 355 g/mol. The Kier molecular flexibility index (Phi) is 7.02. The number of hydrogen-bond donors (Lipinski definition) is 1. The zero-order valence-corrected chi connectivity index (χ0v) is 15.5. The van der Waals surface area contributed by atoms with Crippen LogP contribution < -0.4 is 15.9 Å². The molecule has 0 aliphatic carbocycles. The molecule has 1 nitrogen and oxygen atoms in total. The maximum Gasteiger partial charge on any atom is 0.0384 e. The maximum atomic E-state index is 3.30. The standard InChI is InChI=1S/C12H11N.C12H11P/c2*1-3-7-11(8-4-1)13-12-9-5-2-6-10-12/h2*1-10,13H. The van der Waals surface area contributed by atoms with E-state index in [0.29, 0.717) is 0 Å². The Morgan fingerprint density at radius 1 is 0.385 bits per heavy atom. The number of para-hydroxylation sites is 2. The Bertz CT molecular complexity index is 711. The predicted molar refractivity (Wildman–Crippen MR) is 117 cm³/mol. The minimum absolute atomic E-state index is 0.777. The molecule has 1 N–H and O–H groups in total. The molecule has 2 heteroatoms. The molecule has 0 atom stereocenters. The number of nitrogens with one attached hydrogen (secondary N) is 1. The molecule has 0 aliphatic heterocycles. The van der Waals surface area contributed by atoms with Gasteiger partial charge >= 0.3 is 0 Å². The van der Waals surface area contributed by atoms with Gasteiger partial charge in [0.15, 0.2) is 0 Å². The van der Waals surface area contributed by atoms with Crippen molar-refractivity contribution >= 4 is 30.6 Å². The summed E-state index contributed by atoms with van der Waals surface area (Å²) in [6.07, 6.45) is 0. The molecule has 0 fully saturated rings. The van der Waals surface area contributed by atoms with Crippen LogP contribution in [-0.2, 0) is 0 Å². The van der Waals surface area contributed by atoms with Crippen molar-refractivity contribution in [3.63, 3.8) is 0 Å². The summed E-state index contributed by atoms with van der Waals surface area (Å²) in [7, 11) is 0.777. The fraction of sp³-hybridized carbons (Fsp3) is 0. The molecule has 0 heterocycles. The first kappa shape index (κ1) is 17.9. The second-order valence-corrected chi connectivity index (χ2v) is 7.12. The average molecular weight is 355 g/mol. The van der Waals surface area contributed by atoms with Crippen LogP contribution in [0.4, 0.5) is 11.4 Å². The van der Waals surface area contributed by atoms with Crippen molar-refractivity contribution in [1.82, 2.24) is 0 Å². The molecule has 26 heavy (non-hydrogen) atoms. The van der Waals surface area contributed by atoms with Gasteiger partial charge in [-0.25, -0.2) is 0 Å². The van der Waals surface area contributed by atoms with Crippen LogP contribution in [0.2, 0.25) is 0 Å². The minimum Gasteiger partial charge on any atom is -0.356 e. The van der Waals surface area contributed by atoms with Gasteiger partial charge in [-0.05, 0) is 34.9 Å². The van der Waals surface area contributed by atoms with Gasteiger partial charge in [0.25, 0.3) is 0 Å². The summed E-state index contributed by atoms with van der Waals surface area (Å²) in [6, 6.07) is 41.4. The van der Waals surface area contributed by atoms with Crippen molar-refractivity contribution in [1.29, 1.82) is 0 Å². The average Bonchev–Trinajstić information content (AvgIpc) is 2.72. The topological polar surface area (TPSA) is 12.0 Å². The van der Waals surface area contributed by atoms with Gasteiger partial charge in [-0.2, -0.15) is 0 Å². The molecule has 0 spiro atoms. The van der Waals surface area contributed by atoms with Crippen LogP contribution in [0.15, 0.2) is 121 Å². The van der Waals surface area contributed by atoms with Crippen LogP contribution in [0.25, 0.3) is 0 Å². The summed E-state index contributed by atoms with van der Waals surface area (Å²) >= 11 is 0. The first-order valence-corrected chi connectivity index (χ1v) is 9.64. The van der Waals surface area contributed by atoms with Gasteiger partial charge in [0.1, 0.15) is 0 Å². The highest BCUT2D eigenvalue weighted by Crippen LogP contribution is 2.14. The van der Waals surface area contributed by atoms with Crippen molar-refractivity contribution in [2.45, 2.75) is 0 Å². The SMILES string of the molecule is c1ccc(Nc2ccccc2)cc1.c1ccc(Pc2ccccc2)cc1. The van der Waals surface area contributed by atoms with Gasteiger partial charge in [-0.15, -0.1) is 0 Å². The summed E-state index contributed by atoms with van der Waals surface area (Å²) in [5.74, 6) is 0. The number of hydrogen-bond acceptors (Lipinski definition) is 1. The summed E-state index contributed by atoms with van der Waals surface area (Å²) < 4.78 is 0. The van der Waals surface area contributed by atoms with Crippen molar-refractivity contribution in [2.75, 3.05) is 5.32 Å². The highest BCUT2D eigenvalue weighted by molar-refractivity contribution is 7.55. The van der Waals surface area contributed by atoms with Crippen LogP contribution in [-0.4, -0.2) is 0 Å². The molecule has 0 aromatic heterocycles. The van der Waals surface area contributed by atoms with Crippen molar-refractivity contribution < 1.29 is 0 Å². The molecule has 0 amide bonds. The highest BCUT2D eigenvalue weighted by atomic mass is 31.1. The van der Waals surface area contributed by atoms with Gasteiger partial charge in [0, 0.05) is 11.4 Å². The van der Waals surface area contributed by atoms with E-state index in [1.165, 1.54) is 10.6 Å². The van der Waals surface area contributed by atoms with Crippen LogP contribution in [0.3, 0.4) is 0 Å². The largest absolute Gasteiger partial charge is 0.356 e. The van der Waals surface area contributed by atoms with Gasteiger partial charge in [-0.1, -0.05) is 106 Å². The van der Waals surface area contributed by atoms with E-state index < -0.39 is 0 Å². The molecule has 0 unspecified atom stereocenters. The summed E-state index contributed by atoms with van der Waals surface area (Å²) in [6.45, 7) is 0. The molecule has 128 valence electrons. The molecule has 4 aromatic rings. The lowest BCUT2D eigenvalue weighted by molar-refractivity contribution is 1.55. The lowest BCUT2D eigenvalue weighted by atomic mass is 10.3. The third kappa shape index (κ3) is 6.20. The van der Waals surface area contributed by atoms with Crippen molar-refractivity contribution in [3.05, 3.63) is 121 Å². The number of anilines is 2. The lowest BCUT2D eigenvalue weighted by Gasteiger charge is -2.04. The van der Waals surface area contributed by atoms with Gasteiger partial charge in [0.2, 0.25) is 0 Å². The Morgan fingerprint density at radius 3 is 1.04 bits per heavy atom. The van der Waals surface area contributed by atoms with Crippen molar-refractivity contribution in [3.8, 4) is 0 Å². The second-order valence-electron chi connectivity index (χ2n) is 5.71. The van der Waals surface area contributed by atoms with E-state index in [0.717, 1.165) is 20.0 Å². The molecular formula is C24H22NP. The van der Waals surface area contributed by atoms with Gasteiger partial charge in [0.05, 0.1) is 0 Å². The fourth-order valence-electron chi connectivity index (χ4n) is 2.42. The third-order valence-electron chi connectivity index (χ3n) is 3.67. The second kappa shape index (κ2) is 10.2. The Hall–Kier alpha value is -2.89. The van der Waals surface area contributed by atoms with Crippen molar-refractivity contribution in [2.24, 2.45) is 0 Å². The molecular weight excluding hydrogens is 333 g/mol. The fourth-order valence-corrected chi connectivity index (χ4v) is 3.47. The zero-order valence-electron chi connectivity index (χ0n) is 14.5. The molecule has 0 bridgehead atoms. The lowest BCUT2D eigenvalue weighted by Crippen LogP contribution is -2.01. The summed E-state index contributed by atoms with van der Waals surface area (Å²) in [5.41, 5.74) is 2.24. The maximum absolute atomic E-state index is 3.30. The Balaban J connectivity index is 0.000000151. The van der Waals surface area contributed by atoms with E-state index >= 15 is 0 Å². The van der Waals surface area contributed by atoms with E-state index in [9.17, 15) is 0 Å². The molecule has 4 aromatic carbocycles. The Labute approximate surface area is 157 Å². The molecule has 0 saturated heterocycles. The van der Waals surface area contributed by atoms with Crippen LogP contribution >= 0.6 is 8.58 Å². The number of rotatable bonds is 4. The first-order valence-electron chi connectivity index (χ1n) is 8.64. The van der Waals surface area contributed by atoms with E-state index in [-0.39, 0.29) is 0 Å². The smallest absolute Gasteiger partial charge is 0.0384 e. The van der Waals surface area contributed by atoms with E-state index in [1.807, 2.05) is 60.7 Å². The van der Waals surface area contributed by atoms with Crippen LogP contribution in [0, 0.1) is 0 Å². The van der Waals surface area contributed by atoms with Gasteiger partial charge in [-0.3, -0.25) is 0 Å². The normalized spacial score (nSPS) is 9.69. The quantitative estimate of drug-likeness (QED) is 0.460. The van der Waals surface area contributed by atoms with E-state index in [1.54, 1.807) is 0 Å². The van der Waals surface area contributed by atoms with Crippen LogP contribution in [0.5, 0.6) is 0 Å². The first-order chi connectivity index (χ1) is 12.9. The highest BCUT2D eigenvalue weighted by Gasteiger charge is 1.92. The van der Waals surface area contributed by atoms with Crippen LogP contribution in [0.1, 0.15) is 0 Å². The molecule has 0 aliphatic rings. The summed E-state index contributed by atoms with van der Waals surface area (Å²) in [5, 5.41) is 6.10. The minimum atomic E-state index is 0.777. The predicted octanol–water partition coefficient (Wildman–Crippen LogP) is 5.75. The van der Waals surface area contributed by atoms with E-state index in [4.69, 9.17) is 0 Å².